The van der Waals surface area contributed by atoms with Crippen LogP contribution in [-0.4, -0.2) is 58.8 Å². The number of ether oxygens (including phenoxy) is 1. The Hall–Kier alpha value is -3.03. The minimum Gasteiger partial charge on any atom is -0.477 e. The van der Waals surface area contributed by atoms with E-state index in [1.54, 1.807) is 4.68 Å². The molecule has 2 aromatic rings. The number of nitrogens with zero attached hydrogens (tertiary/aromatic N) is 4. The highest BCUT2D eigenvalue weighted by molar-refractivity contribution is 5.95. The average molecular weight is 412 g/mol. The van der Waals surface area contributed by atoms with Gasteiger partial charge in [0.25, 0.3) is 5.91 Å². The second-order valence-corrected chi connectivity index (χ2v) is 8.06. The summed E-state index contributed by atoms with van der Waals surface area (Å²) in [5, 5.41) is 7.34. The average Bonchev–Trinajstić information content (AvgIpc) is 2.99. The van der Waals surface area contributed by atoms with Crippen LogP contribution in [0.4, 0.5) is 11.4 Å². The van der Waals surface area contributed by atoms with Crippen LogP contribution >= 0.6 is 0 Å². The van der Waals surface area contributed by atoms with Crippen molar-refractivity contribution in [1.29, 1.82) is 0 Å². The molecule has 8 nitrogen and oxygen atoms in total. The summed E-state index contributed by atoms with van der Waals surface area (Å²) in [5.74, 6) is 0.504. The van der Waals surface area contributed by atoms with Gasteiger partial charge in [0.1, 0.15) is 5.75 Å². The molecule has 0 saturated carbocycles. The van der Waals surface area contributed by atoms with Gasteiger partial charge < -0.3 is 19.9 Å². The smallest absolute Gasteiger partial charge is 0.265 e. The molecule has 0 aliphatic carbocycles. The fourth-order valence-electron chi connectivity index (χ4n) is 4.21. The Morgan fingerprint density at radius 3 is 2.60 bits per heavy atom. The van der Waals surface area contributed by atoms with Crippen molar-refractivity contribution in [2.45, 2.75) is 39.2 Å². The molecule has 1 aromatic carbocycles. The highest BCUT2D eigenvalue weighted by atomic mass is 16.5. The van der Waals surface area contributed by atoms with Gasteiger partial charge in [0, 0.05) is 20.1 Å². The summed E-state index contributed by atoms with van der Waals surface area (Å²) in [6.45, 7) is 5.84. The van der Waals surface area contributed by atoms with E-state index >= 15 is 0 Å². The van der Waals surface area contributed by atoms with Crippen molar-refractivity contribution in [1.82, 2.24) is 14.7 Å². The van der Waals surface area contributed by atoms with Crippen LogP contribution < -0.4 is 15.0 Å². The molecule has 1 saturated heterocycles. The van der Waals surface area contributed by atoms with Gasteiger partial charge in [0.15, 0.2) is 6.10 Å². The van der Waals surface area contributed by atoms with E-state index in [-0.39, 0.29) is 18.4 Å². The molecule has 0 bridgehead atoms. The normalized spacial score (nSPS) is 18.6. The Morgan fingerprint density at radius 1 is 1.17 bits per heavy atom. The van der Waals surface area contributed by atoms with Crippen LogP contribution in [0.5, 0.6) is 5.75 Å². The number of likely N-dealkylation sites (tertiary alicyclic amines) is 1. The maximum absolute atomic E-state index is 13.0. The minimum atomic E-state index is -0.604. The van der Waals surface area contributed by atoms with E-state index in [1.807, 2.05) is 55.0 Å². The lowest BCUT2D eigenvalue weighted by Gasteiger charge is -2.38. The fourth-order valence-corrected chi connectivity index (χ4v) is 4.21. The molecule has 1 atom stereocenters. The summed E-state index contributed by atoms with van der Waals surface area (Å²) in [4.78, 5) is 29.7. The fraction of sp³-hybridized carbons (Fsp3) is 0.500. The van der Waals surface area contributed by atoms with Gasteiger partial charge in [-0.3, -0.25) is 14.3 Å². The number of nitrogens with one attached hydrogen (secondary N) is 1. The number of anilines is 2. The molecule has 0 spiro atoms. The summed E-state index contributed by atoms with van der Waals surface area (Å²) in [5.41, 5.74) is 3.25. The molecule has 1 fully saturated rings. The second-order valence-electron chi connectivity index (χ2n) is 8.06. The molecule has 8 heteroatoms. The summed E-state index contributed by atoms with van der Waals surface area (Å²) in [6, 6.07) is 7.57. The Bertz CT molecular complexity index is 948. The lowest BCUT2D eigenvalue weighted by Crippen LogP contribution is -2.52. The molecule has 3 heterocycles. The predicted octanol–water partition coefficient (Wildman–Crippen LogP) is 2.26. The molecule has 1 aromatic heterocycles. The first-order valence-electron chi connectivity index (χ1n) is 10.5. The van der Waals surface area contributed by atoms with Crippen molar-refractivity contribution >= 4 is 23.2 Å². The standard InChI is InChI=1S/C22H29N5O3/c1-15-21(16(2)25(3)24-15)23-20(28)14-27-13-19(22(29)26-11-7-4-8-12-26)30-18-10-6-5-9-17(18)27/h5-6,9-10,19H,4,7-8,11-14H2,1-3H3,(H,23,28)/t19-/m1/s1. The summed E-state index contributed by atoms with van der Waals surface area (Å²) in [6.07, 6.45) is 2.63. The van der Waals surface area contributed by atoms with Gasteiger partial charge in [-0.1, -0.05) is 12.1 Å². The second kappa shape index (κ2) is 8.38. The molecular weight excluding hydrogens is 382 g/mol. The predicted molar refractivity (Wildman–Crippen MR) is 115 cm³/mol. The first-order chi connectivity index (χ1) is 14.4. The van der Waals surface area contributed by atoms with Crippen molar-refractivity contribution in [3.8, 4) is 5.75 Å². The number of hydrogen-bond donors (Lipinski definition) is 1. The molecule has 1 N–H and O–H groups in total. The molecular formula is C22H29N5O3. The maximum atomic E-state index is 13.0. The number of rotatable bonds is 4. The largest absolute Gasteiger partial charge is 0.477 e. The Kier molecular flexibility index (Phi) is 5.65. The zero-order valence-electron chi connectivity index (χ0n) is 17.9. The third-order valence-electron chi connectivity index (χ3n) is 5.91. The van der Waals surface area contributed by atoms with E-state index in [0.29, 0.717) is 12.3 Å². The molecule has 2 aliphatic heterocycles. The van der Waals surface area contributed by atoms with E-state index in [4.69, 9.17) is 4.74 Å². The summed E-state index contributed by atoms with van der Waals surface area (Å²) >= 11 is 0. The van der Waals surface area contributed by atoms with Crippen LogP contribution in [0.15, 0.2) is 24.3 Å². The van der Waals surface area contributed by atoms with Gasteiger partial charge in [-0.05, 0) is 45.2 Å². The van der Waals surface area contributed by atoms with Crippen LogP contribution in [0.25, 0.3) is 0 Å². The first-order valence-corrected chi connectivity index (χ1v) is 10.5. The Balaban J connectivity index is 1.51. The lowest BCUT2D eigenvalue weighted by atomic mass is 10.1. The van der Waals surface area contributed by atoms with Gasteiger partial charge in [-0.2, -0.15) is 5.10 Å². The van der Waals surface area contributed by atoms with Crippen molar-refractivity contribution in [2.75, 3.05) is 36.4 Å². The van der Waals surface area contributed by atoms with E-state index in [0.717, 1.165) is 55.1 Å². The molecule has 2 amide bonds. The molecule has 4 rings (SSSR count). The number of aryl methyl sites for hydroxylation is 2. The Labute approximate surface area is 176 Å². The molecule has 0 unspecified atom stereocenters. The topological polar surface area (TPSA) is 79.7 Å². The van der Waals surface area contributed by atoms with Crippen LogP contribution in [-0.2, 0) is 16.6 Å². The quantitative estimate of drug-likeness (QED) is 0.835. The number of carbonyl (C=O) groups excluding carboxylic acids is 2. The van der Waals surface area contributed by atoms with Crippen LogP contribution in [0.1, 0.15) is 30.7 Å². The number of carbonyl (C=O) groups is 2. The summed E-state index contributed by atoms with van der Waals surface area (Å²) in [7, 11) is 1.85. The van der Waals surface area contributed by atoms with E-state index in [1.165, 1.54) is 0 Å². The van der Waals surface area contributed by atoms with Gasteiger partial charge in [-0.25, -0.2) is 0 Å². The van der Waals surface area contributed by atoms with Gasteiger partial charge in [0.05, 0.1) is 35.9 Å². The van der Waals surface area contributed by atoms with Gasteiger partial charge in [0.2, 0.25) is 5.91 Å². The number of amides is 2. The van der Waals surface area contributed by atoms with Crippen molar-refractivity contribution in [2.24, 2.45) is 7.05 Å². The van der Waals surface area contributed by atoms with Crippen LogP contribution in [0.3, 0.4) is 0 Å². The minimum absolute atomic E-state index is 0.00793. The van der Waals surface area contributed by atoms with E-state index in [9.17, 15) is 9.59 Å². The number of hydrogen-bond acceptors (Lipinski definition) is 5. The zero-order valence-corrected chi connectivity index (χ0v) is 17.9. The maximum Gasteiger partial charge on any atom is 0.265 e. The third-order valence-corrected chi connectivity index (χ3v) is 5.91. The van der Waals surface area contributed by atoms with Crippen molar-refractivity contribution in [3.63, 3.8) is 0 Å². The highest BCUT2D eigenvalue weighted by Gasteiger charge is 2.34. The van der Waals surface area contributed by atoms with Crippen LogP contribution in [0.2, 0.25) is 0 Å². The molecule has 0 radical (unpaired) electrons. The number of para-hydroxylation sites is 2. The molecule has 2 aliphatic rings. The highest BCUT2D eigenvalue weighted by Crippen LogP contribution is 2.33. The monoisotopic (exact) mass is 411 g/mol. The van der Waals surface area contributed by atoms with Gasteiger partial charge in [-0.15, -0.1) is 0 Å². The summed E-state index contributed by atoms with van der Waals surface area (Å²) < 4.78 is 7.79. The number of fused-ring (bicyclic) bond motifs is 1. The number of benzene rings is 1. The van der Waals surface area contributed by atoms with Gasteiger partial charge >= 0.3 is 0 Å². The van der Waals surface area contributed by atoms with Crippen LogP contribution in [0, 0.1) is 13.8 Å². The number of piperidine rings is 1. The van der Waals surface area contributed by atoms with Crippen molar-refractivity contribution < 1.29 is 14.3 Å². The number of aromatic nitrogens is 2. The SMILES string of the molecule is Cc1nn(C)c(C)c1NC(=O)CN1C[C@H](C(=O)N2CCCCC2)Oc2ccccc21. The first kappa shape index (κ1) is 20.3. The zero-order chi connectivity index (χ0) is 21.3. The van der Waals surface area contributed by atoms with E-state index in [2.05, 4.69) is 10.4 Å². The van der Waals surface area contributed by atoms with Crippen molar-refractivity contribution in [3.05, 3.63) is 35.7 Å². The van der Waals surface area contributed by atoms with E-state index < -0.39 is 6.10 Å². The lowest BCUT2D eigenvalue weighted by molar-refractivity contribution is -0.139. The Morgan fingerprint density at radius 2 is 1.90 bits per heavy atom. The third kappa shape index (κ3) is 3.99. The molecule has 30 heavy (non-hydrogen) atoms. The molecule has 160 valence electrons.